The predicted octanol–water partition coefficient (Wildman–Crippen LogP) is 2.80. The van der Waals surface area contributed by atoms with Gasteiger partial charge < -0.3 is 20.5 Å². The van der Waals surface area contributed by atoms with Gasteiger partial charge in [-0.2, -0.15) is 11.8 Å². The molecule has 2 aromatic rings. The van der Waals surface area contributed by atoms with Gasteiger partial charge in [0.25, 0.3) is 0 Å². The molecule has 3 N–H and O–H groups in total. The van der Waals surface area contributed by atoms with Crippen molar-refractivity contribution < 1.29 is 24.2 Å². The van der Waals surface area contributed by atoms with Gasteiger partial charge in [0.15, 0.2) is 0 Å². The van der Waals surface area contributed by atoms with Gasteiger partial charge in [0, 0.05) is 11.5 Å². The molecule has 0 saturated carbocycles. The average molecular weight is 416 g/mol. The molecule has 0 aliphatic heterocycles. The summed E-state index contributed by atoms with van der Waals surface area (Å²) in [7, 11) is 0. The number of carboxylic acid groups (broad SMARTS) is 1. The van der Waals surface area contributed by atoms with Gasteiger partial charge in [0.05, 0.1) is 0 Å². The first kappa shape index (κ1) is 22.3. The number of carboxylic acids is 1. The minimum Gasteiger partial charge on any atom is -0.480 e. The fourth-order valence-corrected chi connectivity index (χ4v) is 3.36. The fourth-order valence-electron chi connectivity index (χ4n) is 2.35. The number of ether oxygens (including phenoxy) is 1. The van der Waals surface area contributed by atoms with Crippen LogP contribution in [0.2, 0.25) is 0 Å². The Morgan fingerprint density at radius 1 is 0.966 bits per heavy atom. The number of carbonyl (C=O) groups excluding carboxylic acids is 2. The number of alkyl carbamates (subject to hydrolysis) is 1. The molecule has 0 radical (unpaired) electrons. The third-order valence-electron chi connectivity index (χ3n) is 3.95. The SMILES string of the molecule is CC(NC(=O)OCc1ccccc1)C(=O)NC(CSCc1ccccc1)C(=O)O. The summed E-state index contributed by atoms with van der Waals surface area (Å²) in [6.07, 6.45) is -0.748. The number of benzene rings is 2. The normalized spacial score (nSPS) is 12.4. The highest BCUT2D eigenvalue weighted by Crippen LogP contribution is 2.13. The van der Waals surface area contributed by atoms with Crippen LogP contribution in [0, 0.1) is 0 Å². The van der Waals surface area contributed by atoms with Crippen molar-refractivity contribution in [1.29, 1.82) is 0 Å². The number of hydrogen-bond acceptors (Lipinski definition) is 5. The molecule has 8 heteroatoms. The molecule has 7 nitrogen and oxygen atoms in total. The molecular weight excluding hydrogens is 392 g/mol. The smallest absolute Gasteiger partial charge is 0.408 e. The van der Waals surface area contributed by atoms with E-state index in [4.69, 9.17) is 4.74 Å². The molecule has 2 amide bonds. The number of nitrogens with one attached hydrogen (secondary N) is 2. The second-order valence-electron chi connectivity index (χ2n) is 6.33. The third kappa shape index (κ3) is 8.27. The van der Waals surface area contributed by atoms with E-state index in [0.717, 1.165) is 11.1 Å². The van der Waals surface area contributed by atoms with Gasteiger partial charge in [-0.25, -0.2) is 9.59 Å². The summed E-state index contributed by atoms with van der Waals surface area (Å²) >= 11 is 1.41. The van der Waals surface area contributed by atoms with Crippen LogP contribution < -0.4 is 10.6 Å². The van der Waals surface area contributed by atoms with E-state index in [1.807, 2.05) is 60.7 Å². The first-order valence-corrected chi connectivity index (χ1v) is 10.2. The second kappa shape index (κ2) is 11.8. The maximum Gasteiger partial charge on any atom is 0.408 e. The molecule has 29 heavy (non-hydrogen) atoms. The van der Waals surface area contributed by atoms with Crippen LogP contribution in [0.4, 0.5) is 4.79 Å². The molecule has 2 unspecified atom stereocenters. The van der Waals surface area contributed by atoms with Crippen molar-refractivity contribution in [2.24, 2.45) is 0 Å². The summed E-state index contributed by atoms with van der Waals surface area (Å²) in [5.74, 6) is -0.867. The number of rotatable bonds is 10. The van der Waals surface area contributed by atoms with Crippen molar-refractivity contribution in [2.75, 3.05) is 5.75 Å². The summed E-state index contributed by atoms with van der Waals surface area (Å²) in [6.45, 7) is 1.55. The molecule has 0 heterocycles. The quantitative estimate of drug-likeness (QED) is 0.550. The zero-order chi connectivity index (χ0) is 21.1. The van der Waals surface area contributed by atoms with E-state index in [1.165, 1.54) is 18.7 Å². The van der Waals surface area contributed by atoms with E-state index in [1.54, 1.807) is 0 Å². The Morgan fingerprint density at radius 3 is 2.14 bits per heavy atom. The molecule has 0 aliphatic carbocycles. The number of thioether (sulfide) groups is 1. The first-order chi connectivity index (χ1) is 14.0. The molecule has 0 fully saturated rings. The monoisotopic (exact) mass is 416 g/mol. The molecule has 154 valence electrons. The maximum absolute atomic E-state index is 12.2. The highest BCUT2D eigenvalue weighted by atomic mass is 32.2. The zero-order valence-corrected chi connectivity index (χ0v) is 16.9. The number of aliphatic carboxylic acids is 1. The van der Waals surface area contributed by atoms with Gasteiger partial charge in [0.1, 0.15) is 18.7 Å². The number of carbonyl (C=O) groups is 3. The molecule has 2 rings (SSSR count). The molecule has 2 aromatic carbocycles. The predicted molar refractivity (Wildman–Crippen MR) is 111 cm³/mol. The standard InChI is InChI=1S/C21H24N2O5S/c1-15(22-21(27)28-12-16-8-4-2-5-9-16)19(24)23-18(20(25)26)14-29-13-17-10-6-3-7-11-17/h2-11,15,18H,12-14H2,1H3,(H,22,27)(H,23,24)(H,25,26). The Bertz CT molecular complexity index is 801. The Morgan fingerprint density at radius 2 is 1.55 bits per heavy atom. The maximum atomic E-state index is 12.2. The van der Waals surface area contributed by atoms with Crippen LogP contribution in [-0.2, 0) is 26.7 Å². The lowest BCUT2D eigenvalue weighted by Gasteiger charge is -2.18. The molecule has 2 atom stereocenters. The van der Waals surface area contributed by atoms with Crippen LogP contribution in [-0.4, -0.2) is 40.9 Å². The van der Waals surface area contributed by atoms with Crippen molar-refractivity contribution in [3.8, 4) is 0 Å². The van der Waals surface area contributed by atoms with Gasteiger partial charge in [-0.15, -0.1) is 0 Å². The van der Waals surface area contributed by atoms with Crippen molar-refractivity contribution in [3.05, 3.63) is 71.8 Å². The van der Waals surface area contributed by atoms with E-state index < -0.39 is 30.1 Å². The van der Waals surface area contributed by atoms with Crippen LogP contribution in [0.25, 0.3) is 0 Å². The molecule has 0 saturated heterocycles. The number of hydrogen-bond donors (Lipinski definition) is 3. The average Bonchev–Trinajstić information content (AvgIpc) is 2.72. The van der Waals surface area contributed by atoms with Gasteiger partial charge >= 0.3 is 12.1 Å². The highest BCUT2D eigenvalue weighted by Gasteiger charge is 2.24. The van der Waals surface area contributed by atoms with Crippen LogP contribution in [0.5, 0.6) is 0 Å². The van der Waals surface area contributed by atoms with E-state index in [0.29, 0.717) is 5.75 Å². The largest absolute Gasteiger partial charge is 0.480 e. The summed E-state index contributed by atoms with van der Waals surface area (Å²) < 4.78 is 5.06. The van der Waals surface area contributed by atoms with E-state index in [9.17, 15) is 19.5 Å². The molecule has 0 aliphatic rings. The van der Waals surface area contributed by atoms with Crippen LogP contribution in [0.15, 0.2) is 60.7 Å². The highest BCUT2D eigenvalue weighted by molar-refractivity contribution is 7.98. The van der Waals surface area contributed by atoms with Crippen molar-refractivity contribution in [3.63, 3.8) is 0 Å². The lowest BCUT2D eigenvalue weighted by atomic mass is 10.2. The molecular formula is C21H24N2O5S. The summed E-state index contributed by atoms with van der Waals surface area (Å²) in [5.41, 5.74) is 1.89. The van der Waals surface area contributed by atoms with Crippen LogP contribution >= 0.6 is 11.8 Å². The van der Waals surface area contributed by atoms with Crippen LogP contribution in [0.1, 0.15) is 18.1 Å². The topological polar surface area (TPSA) is 105 Å². The van der Waals surface area contributed by atoms with Gasteiger partial charge in [-0.05, 0) is 18.1 Å². The minimum atomic E-state index is -1.13. The Kier molecular flexibility index (Phi) is 9.04. The molecule has 0 bridgehead atoms. The Hall–Kier alpha value is -3.00. The third-order valence-corrected chi connectivity index (χ3v) is 5.06. The van der Waals surface area contributed by atoms with Crippen molar-refractivity contribution in [2.45, 2.75) is 31.4 Å². The molecule has 0 spiro atoms. The Balaban J connectivity index is 1.75. The van der Waals surface area contributed by atoms with Gasteiger partial charge in [-0.3, -0.25) is 4.79 Å². The first-order valence-electron chi connectivity index (χ1n) is 9.07. The minimum absolute atomic E-state index is 0.0783. The Labute approximate surface area is 173 Å². The van der Waals surface area contributed by atoms with E-state index in [2.05, 4.69) is 10.6 Å². The van der Waals surface area contributed by atoms with Crippen LogP contribution in [0.3, 0.4) is 0 Å². The van der Waals surface area contributed by atoms with Crippen molar-refractivity contribution >= 4 is 29.7 Å². The fraction of sp³-hybridized carbons (Fsp3) is 0.286. The van der Waals surface area contributed by atoms with Gasteiger partial charge in [-0.1, -0.05) is 60.7 Å². The lowest BCUT2D eigenvalue weighted by molar-refractivity contribution is -0.141. The summed E-state index contributed by atoms with van der Waals surface area (Å²) in [4.78, 5) is 35.5. The summed E-state index contributed by atoms with van der Waals surface area (Å²) in [6, 6.07) is 16.8. The summed E-state index contributed by atoms with van der Waals surface area (Å²) in [5, 5.41) is 14.2. The van der Waals surface area contributed by atoms with E-state index >= 15 is 0 Å². The number of amides is 2. The van der Waals surface area contributed by atoms with Crippen molar-refractivity contribution in [1.82, 2.24) is 10.6 Å². The second-order valence-corrected chi connectivity index (χ2v) is 7.36. The molecule has 0 aromatic heterocycles. The van der Waals surface area contributed by atoms with E-state index in [-0.39, 0.29) is 12.4 Å². The zero-order valence-electron chi connectivity index (χ0n) is 16.0. The van der Waals surface area contributed by atoms with Gasteiger partial charge in [0.2, 0.25) is 5.91 Å². The lowest BCUT2D eigenvalue weighted by Crippen LogP contribution is -2.51.